The second-order valence-corrected chi connectivity index (χ2v) is 9.58. The van der Waals surface area contributed by atoms with E-state index in [0.29, 0.717) is 24.7 Å². The van der Waals surface area contributed by atoms with Gasteiger partial charge in [0.15, 0.2) is 5.82 Å². The molecule has 0 bridgehead atoms. The zero-order chi connectivity index (χ0) is 20.0. The van der Waals surface area contributed by atoms with Crippen molar-refractivity contribution in [1.82, 2.24) is 10.1 Å². The number of fused-ring (bicyclic) bond motifs is 1. The van der Waals surface area contributed by atoms with Gasteiger partial charge in [0.05, 0.1) is 17.4 Å². The van der Waals surface area contributed by atoms with Crippen LogP contribution in [0.4, 0.5) is 5.00 Å². The molecule has 0 aliphatic heterocycles. The molecule has 29 heavy (non-hydrogen) atoms. The number of anilines is 1. The molecule has 2 aromatic heterocycles. The van der Waals surface area contributed by atoms with Crippen LogP contribution < -0.4 is 5.32 Å². The summed E-state index contributed by atoms with van der Waals surface area (Å²) in [6.07, 6.45) is 9.33. The molecule has 0 radical (unpaired) electrons. The maximum Gasteiger partial charge on any atom is 0.307 e. The van der Waals surface area contributed by atoms with Crippen molar-refractivity contribution < 1.29 is 19.2 Å². The van der Waals surface area contributed by atoms with Gasteiger partial charge in [0.1, 0.15) is 5.00 Å². The third-order valence-corrected chi connectivity index (χ3v) is 7.63. The Bertz CT molecular complexity index is 946. The van der Waals surface area contributed by atoms with Crippen molar-refractivity contribution in [3.05, 3.63) is 16.3 Å². The van der Waals surface area contributed by atoms with Crippen molar-refractivity contribution in [1.29, 1.82) is 0 Å². The molecule has 3 aliphatic rings. The summed E-state index contributed by atoms with van der Waals surface area (Å²) in [5.41, 5.74) is 2.07. The number of hydrogen-bond acceptors (Lipinski definition) is 6. The topological polar surface area (TPSA) is 105 Å². The number of aromatic nitrogens is 2. The van der Waals surface area contributed by atoms with Crippen LogP contribution >= 0.6 is 11.3 Å². The van der Waals surface area contributed by atoms with Crippen LogP contribution in [0.25, 0.3) is 11.5 Å². The first kappa shape index (κ1) is 18.8. The lowest BCUT2D eigenvalue weighted by molar-refractivity contribution is -0.147. The first-order valence-corrected chi connectivity index (χ1v) is 11.5. The van der Waals surface area contributed by atoms with Gasteiger partial charge in [0.2, 0.25) is 5.91 Å². The van der Waals surface area contributed by atoms with E-state index >= 15 is 0 Å². The normalized spacial score (nSPS) is 24.1. The predicted octanol–water partition coefficient (Wildman–Crippen LogP) is 4.38. The predicted molar refractivity (Wildman–Crippen MR) is 108 cm³/mol. The van der Waals surface area contributed by atoms with E-state index in [2.05, 4.69) is 15.5 Å². The minimum atomic E-state index is -0.874. The lowest BCUT2D eigenvalue weighted by atomic mass is 9.78. The summed E-state index contributed by atoms with van der Waals surface area (Å²) in [5.74, 6) is -0.519. The van der Waals surface area contributed by atoms with Gasteiger partial charge in [-0.15, -0.1) is 11.3 Å². The standard InChI is InChI=1S/C21H25N3O4S/c25-18(12-5-1-2-6-13(12)21(26)27)23-20-16(14-7-3-4-8-15(14)29-20)19-22-17(24-28-19)11-9-10-11/h11-13H,1-10H2,(H,23,25)(H,26,27)/t12-,13+/m0/s1. The van der Waals surface area contributed by atoms with Gasteiger partial charge in [-0.2, -0.15) is 4.98 Å². The van der Waals surface area contributed by atoms with Crippen LogP contribution in [-0.2, 0) is 22.4 Å². The van der Waals surface area contributed by atoms with Crippen LogP contribution in [-0.4, -0.2) is 27.1 Å². The number of nitrogens with one attached hydrogen (secondary N) is 1. The zero-order valence-corrected chi connectivity index (χ0v) is 17.1. The second-order valence-electron chi connectivity index (χ2n) is 8.47. The fourth-order valence-corrected chi connectivity index (χ4v) is 5.95. The van der Waals surface area contributed by atoms with Gasteiger partial charge in [0, 0.05) is 10.8 Å². The quantitative estimate of drug-likeness (QED) is 0.751. The summed E-state index contributed by atoms with van der Waals surface area (Å²) in [7, 11) is 0. The number of aryl methyl sites for hydroxylation is 1. The van der Waals surface area contributed by atoms with Crippen molar-refractivity contribution in [2.24, 2.45) is 11.8 Å². The Morgan fingerprint density at radius 1 is 1.03 bits per heavy atom. The highest BCUT2D eigenvalue weighted by Gasteiger charge is 2.37. The summed E-state index contributed by atoms with van der Waals surface area (Å²) in [5, 5.41) is 17.5. The van der Waals surface area contributed by atoms with Crippen LogP contribution in [0, 0.1) is 11.8 Å². The summed E-state index contributed by atoms with van der Waals surface area (Å²) in [4.78, 5) is 30.6. The van der Waals surface area contributed by atoms with Crippen molar-refractivity contribution in [2.45, 2.75) is 70.1 Å². The third-order valence-electron chi connectivity index (χ3n) is 6.43. The molecular formula is C21H25N3O4S. The molecule has 0 aromatic carbocycles. The average molecular weight is 416 g/mol. The first-order valence-electron chi connectivity index (χ1n) is 10.6. The van der Waals surface area contributed by atoms with E-state index in [-0.39, 0.29) is 5.91 Å². The second kappa shape index (κ2) is 7.55. The number of amides is 1. The Kier molecular flexibility index (Phi) is 4.89. The van der Waals surface area contributed by atoms with Crippen molar-refractivity contribution in [3.63, 3.8) is 0 Å². The van der Waals surface area contributed by atoms with E-state index < -0.39 is 17.8 Å². The molecule has 2 saturated carbocycles. The Morgan fingerprint density at radius 2 is 1.79 bits per heavy atom. The highest BCUT2D eigenvalue weighted by atomic mass is 32.1. The zero-order valence-electron chi connectivity index (χ0n) is 16.3. The molecule has 0 unspecified atom stereocenters. The van der Waals surface area contributed by atoms with E-state index in [4.69, 9.17) is 4.52 Å². The summed E-state index contributed by atoms with van der Waals surface area (Å²) < 4.78 is 5.60. The molecular weight excluding hydrogens is 390 g/mol. The minimum Gasteiger partial charge on any atom is -0.481 e. The molecule has 5 rings (SSSR count). The molecule has 7 nitrogen and oxygen atoms in total. The van der Waals surface area contributed by atoms with Gasteiger partial charge in [-0.1, -0.05) is 18.0 Å². The molecule has 2 fully saturated rings. The lowest BCUT2D eigenvalue weighted by Crippen LogP contribution is -2.36. The van der Waals surface area contributed by atoms with Gasteiger partial charge in [-0.25, -0.2) is 0 Å². The molecule has 2 atom stereocenters. The largest absolute Gasteiger partial charge is 0.481 e. The number of hydrogen-bond donors (Lipinski definition) is 2. The van der Waals surface area contributed by atoms with Crippen LogP contribution in [0.5, 0.6) is 0 Å². The maximum atomic E-state index is 13.1. The smallest absolute Gasteiger partial charge is 0.307 e. The van der Waals surface area contributed by atoms with Crippen LogP contribution in [0.3, 0.4) is 0 Å². The van der Waals surface area contributed by atoms with Crippen LogP contribution in [0.2, 0.25) is 0 Å². The first-order chi connectivity index (χ1) is 14.1. The summed E-state index contributed by atoms with van der Waals surface area (Å²) in [6.45, 7) is 0. The van der Waals surface area contributed by atoms with E-state index in [0.717, 1.165) is 67.8 Å². The number of carboxylic acid groups (broad SMARTS) is 1. The summed E-state index contributed by atoms with van der Waals surface area (Å²) in [6, 6.07) is 0. The monoisotopic (exact) mass is 415 g/mol. The number of rotatable bonds is 5. The van der Waals surface area contributed by atoms with E-state index in [1.807, 2.05) is 0 Å². The Hall–Kier alpha value is -2.22. The lowest BCUT2D eigenvalue weighted by Gasteiger charge is -2.27. The highest BCUT2D eigenvalue weighted by molar-refractivity contribution is 7.17. The third kappa shape index (κ3) is 3.58. The number of carbonyl (C=O) groups is 2. The van der Waals surface area contributed by atoms with Gasteiger partial charge >= 0.3 is 5.97 Å². The van der Waals surface area contributed by atoms with Gasteiger partial charge < -0.3 is 14.9 Å². The fourth-order valence-electron chi connectivity index (χ4n) is 4.67. The SMILES string of the molecule is O=C(Nc1sc2c(c1-c1nc(C3CC3)no1)CCCC2)[C@H]1CCCC[C@H]1C(=O)O. The van der Waals surface area contributed by atoms with E-state index in [9.17, 15) is 14.7 Å². The molecule has 0 saturated heterocycles. The number of carbonyl (C=O) groups excluding carboxylic acids is 1. The molecule has 3 aliphatic carbocycles. The van der Waals surface area contributed by atoms with Crippen LogP contribution in [0.1, 0.15) is 73.5 Å². The van der Waals surface area contributed by atoms with Crippen molar-refractivity contribution in [3.8, 4) is 11.5 Å². The van der Waals surface area contributed by atoms with E-state index in [1.165, 1.54) is 10.4 Å². The molecule has 2 heterocycles. The highest BCUT2D eigenvalue weighted by Crippen LogP contribution is 2.46. The number of carboxylic acids is 1. The fraction of sp³-hybridized carbons (Fsp3) is 0.619. The molecule has 0 spiro atoms. The van der Waals surface area contributed by atoms with E-state index in [1.54, 1.807) is 11.3 Å². The maximum absolute atomic E-state index is 13.1. The van der Waals surface area contributed by atoms with Gasteiger partial charge in [0.25, 0.3) is 5.89 Å². The Labute approximate surface area is 172 Å². The average Bonchev–Trinajstić information content (AvgIpc) is 3.35. The molecule has 1 amide bonds. The Morgan fingerprint density at radius 3 is 2.55 bits per heavy atom. The minimum absolute atomic E-state index is 0.195. The molecule has 8 heteroatoms. The van der Waals surface area contributed by atoms with Crippen molar-refractivity contribution in [2.75, 3.05) is 5.32 Å². The van der Waals surface area contributed by atoms with Crippen molar-refractivity contribution >= 4 is 28.2 Å². The molecule has 2 N–H and O–H groups in total. The molecule has 2 aromatic rings. The van der Waals surface area contributed by atoms with Gasteiger partial charge in [-0.05, 0) is 56.9 Å². The summed E-state index contributed by atoms with van der Waals surface area (Å²) >= 11 is 1.58. The van der Waals surface area contributed by atoms with Gasteiger partial charge in [-0.3, -0.25) is 9.59 Å². The number of aliphatic carboxylic acids is 1. The Balaban J connectivity index is 1.46. The number of nitrogens with zero attached hydrogens (tertiary/aromatic N) is 2. The number of thiophene rings is 1. The van der Waals surface area contributed by atoms with Crippen LogP contribution in [0.15, 0.2) is 4.52 Å². The molecule has 154 valence electrons.